The highest BCUT2D eigenvalue weighted by molar-refractivity contribution is 6.31. The number of halogens is 1. The van der Waals surface area contributed by atoms with Crippen molar-refractivity contribution in [2.24, 2.45) is 0 Å². The highest BCUT2D eigenvalue weighted by atomic mass is 35.5. The van der Waals surface area contributed by atoms with Crippen LogP contribution in [-0.2, 0) is 0 Å². The number of carbonyl (C=O) groups is 1. The average Bonchev–Trinajstić information content (AvgIpc) is 3.43. The first-order valence-corrected chi connectivity index (χ1v) is 10.7. The zero-order chi connectivity index (χ0) is 21.5. The Morgan fingerprint density at radius 1 is 1.16 bits per heavy atom. The van der Waals surface area contributed by atoms with E-state index in [-0.39, 0.29) is 12.0 Å². The maximum atomic E-state index is 11.9. The molecule has 5 rings (SSSR count). The molecular weight excluding hydrogens is 414 g/mol. The third-order valence-electron chi connectivity index (χ3n) is 5.92. The molecule has 2 aromatic carbocycles. The van der Waals surface area contributed by atoms with Crippen molar-refractivity contribution in [2.45, 2.75) is 38.6 Å². The van der Waals surface area contributed by atoms with Crippen molar-refractivity contribution >= 4 is 34.7 Å². The molecule has 0 spiro atoms. The summed E-state index contributed by atoms with van der Waals surface area (Å²) < 4.78 is 6.07. The van der Waals surface area contributed by atoms with Crippen LogP contribution in [0.15, 0.2) is 47.1 Å². The van der Waals surface area contributed by atoms with E-state index in [0.717, 1.165) is 53.9 Å². The van der Waals surface area contributed by atoms with E-state index in [1.807, 2.05) is 31.2 Å². The summed E-state index contributed by atoms with van der Waals surface area (Å²) in [4.78, 5) is 20.4. The van der Waals surface area contributed by atoms with E-state index in [1.165, 1.54) is 4.80 Å². The standard InChI is InChI=1S/C23H22ClN5O2/c1-14-9-17(13-30)22(29-25-7-8-26-29)20(10-14)28-12-16(4-3-15(28)2)23-27-19-11-18(24)5-6-21(19)31-23/h5-11,13,15-16H,3-4,12H2,1-2H3/t15-,16-/m1/s1. The maximum Gasteiger partial charge on any atom is 0.200 e. The van der Waals surface area contributed by atoms with Crippen LogP contribution in [-0.4, -0.2) is 38.9 Å². The molecule has 3 heterocycles. The van der Waals surface area contributed by atoms with Crippen LogP contribution in [0.1, 0.15) is 47.5 Å². The van der Waals surface area contributed by atoms with Crippen LogP contribution in [0, 0.1) is 6.92 Å². The van der Waals surface area contributed by atoms with Crippen LogP contribution < -0.4 is 4.90 Å². The lowest BCUT2D eigenvalue weighted by Gasteiger charge is -2.39. The summed E-state index contributed by atoms with van der Waals surface area (Å²) in [6.45, 7) is 4.91. The average molecular weight is 436 g/mol. The van der Waals surface area contributed by atoms with Crippen molar-refractivity contribution < 1.29 is 9.21 Å². The van der Waals surface area contributed by atoms with Gasteiger partial charge in [-0.3, -0.25) is 4.79 Å². The number of fused-ring (bicyclic) bond motifs is 1. The maximum absolute atomic E-state index is 11.9. The molecule has 0 amide bonds. The zero-order valence-corrected chi connectivity index (χ0v) is 18.1. The van der Waals surface area contributed by atoms with Crippen LogP contribution in [0.2, 0.25) is 5.02 Å². The van der Waals surface area contributed by atoms with Gasteiger partial charge in [-0.05, 0) is 62.6 Å². The second-order valence-corrected chi connectivity index (χ2v) is 8.53. The summed E-state index contributed by atoms with van der Waals surface area (Å²) >= 11 is 6.11. The molecule has 0 N–H and O–H groups in total. The Kier molecular flexibility index (Phi) is 4.98. The lowest BCUT2D eigenvalue weighted by molar-refractivity contribution is 0.112. The Morgan fingerprint density at radius 2 is 1.97 bits per heavy atom. The third kappa shape index (κ3) is 3.59. The van der Waals surface area contributed by atoms with E-state index in [9.17, 15) is 4.79 Å². The molecule has 158 valence electrons. The molecule has 0 unspecified atom stereocenters. The van der Waals surface area contributed by atoms with Crippen LogP contribution in [0.4, 0.5) is 5.69 Å². The molecule has 1 saturated heterocycles. The highest BCUT2D eigenvalue weighted by Gasteiger charge is 2.32. The Bertz CT molecular complexity index is 1250. The topological polar surface area (TPSA) is 77.1 Å². The van der Waals surface area contributed by atoms with E-state index < -0.39 is 0 Å². The smallest absolute Gasteiger partial charge is 0.200 e. The number of oxazole rings is 1. The van der Waals surface area contributed by atoms with E-state index in [1.54, 1.807) is 12.4 Å². The number of rotatable bonds is 4. The number of aryl methyl sites for hydroxylation is 1. The van der Waals surface area contributed by atoms with E-state index in [2.05, 4.69) is 28.1 Å². The van der Waals surface area contributed by atoms with Crippen molar-refractivity contribution in [3.63, 3.8) is 0 Å². The summed E-state index contributed by atoms with van der Waals surface area (Å²) in [5.41, 5.74) is 4.73. The zero-order valence-electron chi connectivity index (χ0n) is 17.3. The van der Waals surface area contributed by atoms with Crippen molar-refractivity contribution in [3.8, 4) is 5.69 Å². The normalized spacial score (nSPS) is 19.1. The van der Waals surface area contributed by atoms with Crippen LogP contribution in [0.3, 0.4) is 0 Å². The number of aldehydes is 1. The molecule has 0 saturated carbocycles. The number of piperidine rings is 1. The molecule has 4 aromatic rings. The predicted molar refractivity (Wildman–Crippen MR) is 119 cm³/mol. The number of carbonyl (C=O) groups excluding carboxylic acids is 1. The fourth-order valence-electron chi connectivity index (χ4n) is 4.38. The quantitative estimate of drug-likeness (QED) is 0.422. The minimum atomic E-state index is 0.126. The summed E-state index contributed by atoms with van der Waals surface area (Å²) in [6, 6.07) is 9.74. The number of aromatic nitrogens is 4. The van der Waals surface area contributed by atoms with Gasteiger partial charge in [0.15, 0.2) is 17.8 Å². The minimum Gasteiger partial charge on any atom is -0.440 e. The van der Waals surface area contributed by atoms with Gasteiger partial charge < -0.3 is 9.32 Å². The van der Waals surface area contributed by atoms with Gasteiger partial charge in [0.25, 0.3) is 0 Å². The van der Waals surface area contributed by atoms with Gasteiger partial charge in [0.1, 0.15) is 11.2 Å². The molecule has 31 heavy (non-hydrogen) atoms. The number of nitrogens with zero attached hydrogens (tertiary/aromatic N) is 5. The first-order chi connectivity index (χ1) is 15.0. The number of hydrogen-bond acceptors (Lipinski definition) is 6. The molecule has 1 aliphatic heterocycles. The van der Waals surface area contributed by atoms with Gasteiger partial charge >= 0.3 is 0 Å². The largest absolute Gasteiger partial charge is 0.440 e. The summed E-state index contributed by atoms with van der Waals surface area (Å²) in [5.74, 6) is 0.845. The SMILES string of the molecule is Cc1cc(C=O)c(-n2nccn2)c(N2C[C@H](c3nc4cc(Cl)ccc4o3)CC[C@H]2C)c1. The lowest BCUT2D eigenvalue weighted by Crippen LogP contribution is -2.42. The van der Waals surface area contributed by atoms with Crippen LogP contribution in [0.25, 0.3) is 16.8 Å². The van der Waals surface area contributed by atoms with E-state index in [0.29, 0.717) is 16.3 Å². The number of anilines is 1. The van der Waals surface area contributed by atoms with Crippen LogP contribution in [0.5, 0.6) is 0 Å². The van der Waals surface area contributed by atoms with E-state index >= 15 is 0 Å². The van der Waals surface area contributed by atoms with Crippen LogP contribution >= 0.6 is 11.6 Å². The minimum absolute atomic E-state index is 0.126. The molecule has 0 radical (unpaired) electrons. The first-order valence-electron chi connectivity index (χ1n) is 10.3. The van der Waals surface area contributed by atoms with Crippen molar-refractivity contribution in [1.82, 2.24) is 20.0 Å². The van der Waals surface area contributed by atoms with Gasteiger partial charge in [0.05, 0.1) is 24.0 Å². The van der Waals surface area contributed by atoms with Gasteiger partial charge in [0, 0.05) is 23.2 Å². The Morgan fingerprint density at radius 3 is 2.74 bits per heavy atom. The van der Waals surface area contributed by atoms with Crippen molar-refractivity contribution in [3.05, 3.63) is 64.8 Å². The summed E-state index contributed by atoms with van der Waals surface area (Å²) in [6.07, 6.45) is 6.04. The fraction of sp³-hybridized carbons (Fsp3) is 0.304. The van der Waals surface area contributed by atoms with Gasteiger partial charge in [-0.25, -0.2) is 4.98 Å². The third-order valence-corrected chi connectivity index (χ3v) is 6.15. The Balaban J connectivity index is 1.56. The van der Waals surface area contributed by atoms with Gasteiger partial charge in [0.2, 0.25) is 0 Å². The molecule has 1 fully saturated rings. The molecule has 2 aromatic heterocycles. The van der Waals surface area contributed by atoms with Gasteiger partial charge in [-0.1, -0.05) is 11.6 Å². The molecule has 0 bridgehead atoms. The Hall–Kier alpha value is -3.19. The first kappa shape index (κ1) is 19.8. The molecule has 0 aliphatic carbocycles. The second kappa shape index (κ2) is 7.81. The van der Waals surface area contributed by atoms with Gasteiger partial charge in [-0.15, -0.1) is 4.80 Å². The fourth-order valence-corrected chi connectivity index (χ4v) is 4.55. The highest BCUT2D eigenvalue weighted by Crippen LogP contribution is 2.38. The predicted octanol–water partition coefficient (Wildman–Crippen LogP) is 4.96. The second-order valence-electron chi connectivity index (χ2n) is 8.10. The number of hydrogen-bond donors (Lipinski definition) is 0. The monoisotopic (exact) mass is 435 g/mol. The summed E-state index contributed by atoms with van der Waals surface area (Å²) in [5, 5.41) is 9.23. The molecule has 1 aliphatic rings. The molecule has 8 heteroatoms. The molecule has 7 nitrogen and oxygen atoms in total. The van der Waals surface area contributed by atoms with Gasteiger partial charge in [-0.2, -0.15) is 10.2 Å². The number of benzene rings is 2. The van der Waals surface area contributed by atoms with Crippen molar-refractivity contribution in [1.29, 1.82) is 0 Å². The molecular formula is C23H22ClN5O2. The Labute approximate surface area is 184 Å². The summed E-state index contributed by atoms with van der Waals surface area (Å²) in [7, 11) is 0. The van der Waals surface area contributed by atoms with E-state index in [4.69, 9.17) is 21.0 Å². The molecule has 2 atom stereocenters. The lowest BCUT2D eigenvalue weighted by atomic mass is 9.92. The van der Waals surface area contributed by atoms with Crippen molar-refractivity contribution in [2.75, 3.05) is 11.4 Å².